The van der Waals surface area contributed by atoms with Crippen molar-refractivity contribution >= 4 is 0 Å². The second-order valence-electron chi connectivity index (χ2n) is 3.08. The molecule has 0 aliphatic carbocycles. The fourth-order valence-electron chi connectivity index (χ4n) is 1.05. The summed E-state index contributed by atoms with van der Waals surface area (Å²) in [5.74, 6) is -0.351. The van der Waals surface area contributed by atoms with Gasteiger partial charge in [-0.2, -0.15) is 0 Å². The third kappa shape index (κ3) is 3.40. The molecule has 2 N–H and O–H groups in total. The van der Waals surface area contributed by atoms with Crippen molar-refractivity contribution in [1.29, 1.82) is 0 Å². The molecule has 0 aliphatic rings. The van der Waals surface area contributed by atoms with Gasteiger partial charge in [0, 0.05) is 6.61 Å². The summed E-state index contributed by atoms with van der Waals surface area (Å²) in [6.07, 6.45) is 2.12. The first-order valence-electron chi connectivity index (χ1n) is 4.68. The molecule has 78 valence electrons. The molecule has 0 spiro atoms. The highest BCUT2D eigenvalue weighted by atomic mass is 19.1. The summed E-state index contributed by atoms with van der Waals surface area (Å²) in [4.78, 5) is 3.88. The van der Waals surface area contributed by atoms with Crippen LogP contribution < -0.4 is 5.73 Å². The van der Waals surface area contributed by atoms with Crippen LogP contribution in [0.15, 0.2) is 18.3 Å². The van der Waals surface area contributed by atoms with Crippen molar-refractivity contribution in [2.75, 3.05) is 13.2 Å². The Morgan fingerprint density at radius 3 is 2.93 bits per heavy atom. The van der Waals surface area contributed by atoms with Crippen molar-refractivity contribution in [3.05, 3.63) is 29.8 Å². The number of ether oxygens (including phenoxy) is 1. The van der Waals surface area contributed by atoms with E-state index in [1.54, 1.807) is 6.07 Å². The summed E-state index contributed by atoms with van der Waals surface area (Å²) in [5.41, 5.74) is 6.43. The van der Waals surface area contributed by atoms with Crippen LogP contribution >= 0.6 is 0 Å². The molecule has 0 fully saturated rings. The molecule has 4 heteroatoms. The van der Waals surface area contributed by atoms with Crippen LogP contribution in [0.2, 0.25) is 0 Å². The molecule has 0 bridgehead atoms. The van der Waals surface area contributed by atoms with E-state index in [0.717, 1.165) is 12.6 Å². The average molecular weight is 198 g/mol. The first-order valence-corrected chi connectivity index (χ1v) is 4.68. The number of rotatable bonds is 5. The highest BCUT2D eigenvalue weighted by Gasteiger charge is 2.06. The van der Waals surface area contributed by atoms with Gasteiger partial charge in [-0.3, -0.25) is 4.98 Å². The maximum atomic E-state index is 12.5. The summed E-state index contributed by atoms with van der Waals surface area (Å²) >= 11 is 0. The van der Waals surface area contributed by atoms with E-state index in [-0.39, 0.29) is 11.9 Å². The van der Waals surface area contributed by atoms with E-state index in [1.807, 2.05) is 6.92 Å². The smallest absolute Gasteiger partial charge is 0.141 e. The summed E-state index contributed by atoms with van der Waals surface area (Å²) in [5, 5.41) is 0. The van der Waals surface area contributed by atoms with E-state index >= 15 is 0 Å². The molecule has 0 amide bonds. The number of halogens is 1. The SMILES string of the molecule is CCCOCC(N)c1ccc(F)cn1. The van der Waals surface area contributed by atoms with Gasteiger partial charge in [0.2, 0.25) is 0 Å². The number of nitrogens with two attached hydrogens (primary N) is 1. The minimum absolute atomic E-state index is 0.276. The molecule has 0 saturated carbocycles. The van der Waals surface area contributed by atoms with E-state index in [2.05, 4.69) is 4.98 Å². The van der Waals surface area contributed by atoms with Gasteiger partial charge in [-0.25, -0.2) is 4.39 Å². The lowest BCUT2D eigenvalue weighted by molar-refractivity contribution is 0.120. The number of aromatic nitrogens is 1. The first kappa shape index (κ1) is 11.1. The van der Waals surface area contributed by atoms with E-state index < -0.39 is 0 Å². The highest BCUT2D eigenvalue weighted by molar-refractivity contribution is 5.09. The Balaban J connectivity index is 2.43. The molecule has 1 atom stereocenters. The van der Waals surface area contributed by atoms with Gasteiger partial charge in [-0.1, -0.05) is 6.92 Å². The molecule has 1 aromatic rings. The van der Waals surface area contributed by atoms with Crippen LogP contribution in [-0.4, -0.2) is 18.2 Å². The normalized spacial score (nSPS) is 12.8. The van der Waals surface area contributed by atoms with Crippen LogP contribution in [0.25, 0.3) is 0 Å². The zero-order valence-corrected chi connectivity index (χ0v) is 8.24. The van der Waals surface area contributed by atoms with E-state index in [4.69, 9.17) is 10.5 Å². The fraction of sp³-hybridized carbons (Fsp3) is 0.500. The predicted octanol–water partition coefficient (Wildman–Crippen LogP) is 1.65. The van der Waals surface area contributed by atoms with Crippen LogP contribution in [0.4, 0.5) is 4.39 Å². The summed E-state index contributed by atoms with van der Waals surface area (Å²) < 4.78 is 17.8. The minimum atomic E-state index is -0.351. The second-order valence-corrected chi connectivity index (χ2v) is 3.08. The van der Waals surface area contributed by atoms with Crippen LogP contribution in [0, 0.1) is 5.82 Å². The Bertz CT molecular complexity index is 263. The Hall–Kier alpha value is -1.00. The van der Waals surface area contributed by atoms with Crippen molar-refractivity contribution in [1.82, 2.24) is 4.98 Å². The zero-order chi connectivity index (χ0) is 10.4. The van der Waals surface area contributed by atoms with Crippen molar-refractivity contribution in [2.24, 2.45) is 5.73 Å². The molecular weight excluding hydrogens is 183 g/mol. The molecule has 3 nitrogen and oxygen atoms in total. The van der Waals surface area contributed by atoms with E-state index in [0.29, 0.717) is 18.9 Å². The summed E-state index contributed by atoms with van der Waals surface area (Å²) in [6, 6.07) is 2.65. The van der Waals surface area contributed by atoms with Gasteiger partial charge in [0.1, 0.15) is 5.82 Å². The Kier molecular flexibility index (Phi) is 4.49. The summed E-state index contributed by atoms with van der Waals surface area (Å²) in [6.45, 7) is 3.14. The number of hydrogen-bond donors (Lipinski definition) is 1. The van der Waals surface area contributed by atoms with Crippen molar-refractivity contribution in [2.45, 2.75) is 19.4 Å². The van der Waals surface area contributed by atoms with Crippen LogP contribution in [-0.2, 0) is 4.74 Å². The highest BCUT2D eigenvalue weighted by Crippen LogP contribution is 2.07. The van der Waals surface area contributed by atoms with E-state index in [1.165, 1.54) is 6.07 Å². The largest absolute Gasteiger partial charge is 0.379 e. The number of nitrogens with zero attached hydrogens (tertiary/aromatic N) is 1. The Morgan fingerprint density at radius 2 is 2.36 bits per heavy atom. The third-order valence-electron chi connectivity index (χ3n) is 1.78. The molecule has 14 heavy (non-hydrogen) atoms. The van der Waals surface area contributed by atoms with Crippen LogP contribution in [0.3, 0.4) is 0 Å². The Labute approximate surface area is 83.1 Å². The lowest BCUT2D eigenvalue weighted by atomic mass is 10.2. The molecule has 1 heterocycles. The van der Waals surface area contributed by atoms with Crippen molar-refractivity contribution in [3.8, 4) is 0 Å². The molecule has 0 radical (unpaired) electrons. The third-order valence-corrected chi connectivity index (χ3v) is 1.78. The van der Waals surface area contributed by atoms with Crippen LogP contribution in [0.1, 0.15) is 25.1 Å². The molecule has 1 rings (SSSR count). The standard InChI is InChI=1S/C10H15FN2O/c1-2-5-14-7-9(12)10-4-3-8(11)6-13-10/h3-4,6,9H,2,5,7,12H2,1H3. The Morgan fingerprint density at radius 1 is 1.57 bits per heavy atom. The van der Waals surface area contributed by atoms with Gasteiger partial charge in [0.15, 0.2) is 0 Å². The van der Waals surface area contributed by atoms with Gasteiger partial charge < -0.3 is 10.5 Å². The van der Waals surface area contributed by atoms with Crippen molar-refractivity contribution in [3.63, 3.8) is 0 Å². The average Bonchev–Trinajstić information content (AvgIpc) is 2.19. The number of pyridine rings is 1. The van der Waals surface area contributed by atoms with E-state index in [9.17, 15) is 4.39 Å². The number of hydrogen-bond acceptors (Lipinski definition) is 3. The fourth-order valence-corrected chi connectivity index (χ4v) is 1.05. The molecular formula is C10H15FN2O. The van der Waals surface area contributed by atoms with Gasteiger partial charge in [0.05, 0.1) is 24.5 Å². The molecule has 0 aromatic carbocycles. The first-order chi connectivity index (χ1) is 6.74. The lowest BCUT2D eigenvalue weighted by Gasteiger charge is -2.10. The molecule has 1 unspecified atom stereocenters. The minimum Gasteiger partial charge on any atom is -0.379 e. The quantitative estimate of drug-likeness (QED) is 0.732. The summed E-state index contributed by atoms with van der Waals surface area (Å²) in [7, 11) is 0. The second kappa shape index (κ2) is 5.67. The molecule has 0 saturated heterocycles. The van der Waals surface area contributed by atoms with Gasteiger partial charge in [-0.05, 0) is 18.6 Å². The topological polar surface area (TPSA) is 48.1 Å². The van der Waals surface area contributed by atoms with Gasteiger partial charge >= 0.3 is 0 Å². The van der Waals surface area contributed by atoms with Gasteiger partial charge in [-0.15, -0.1) is 0 Å². The van der Waals surface area contributed by atoms with Crippen molar-refractivity contribution < 1.29 is 9.13 Å². The molecule has 0 aliphatic heterocycles. The monoisotopic (exact) mass is 198 g/mol. The lowest BCUT2D eigenvalue weighted by Crippen LogP contribution is -2.18. The predicted molar refractivity (Wildman–Crippen MR) is 52.2 cm³/mol. The van der Waals surface area contributed by atoms with Crippen LogP contribution in [0.5, 0.6) is 0 Å². The molecule has 1 aromatic heterocycles. The maximum absolute atomic E-state index is 12.5. The van der Waals surface area contributed by atoms with Gasteiger partial charge in [0.25, 0.3) is 0 Å². The maximum Gasteiger partial charge on any atom is 0.141 e. The zero-order valence-electron chi connectivity index (χ0n) is 8.24.